The van der Waals surface area contributed by atoms with Crippen LogP contribution >= 0.6 is 0 Å². The fourth-order valence-corrected chi connectivity index (χ4v) is 4.31. The van der Waals surface area contributed by atoms with Crippen molar-refractivity contribution >= 4 is 5.69 Å². The van der Waals surface area contributed by atoms with E-state index in [1.54, 1.807) is 0 Å². The molecule has 2 aliphatic heterocycles. The van der Waals surface area contributed by atoms with E-state index in [4.69, 9.17) is 10.5 Å². The molecule has 1 saturated carbocycles. The Balaban J connectivity index is 1.45. The Hall–Kier alpha value is -1.22. The maximum absolute atomic E-state index is 6.44. The van der Waals surface area contributed by atoms with E-state index in [0.29, 0.717) is 6.10 Å². The van der Waals surface area contributed by atoms with E-state index in [0.717, 1.165) is 35.9 Å². The minimum Gasteiger partial charge on any atom is -0.490 e. The molecule has 0 aromatic heterocycles. The highest BCUT2D eigenvalue weighted by molar-refractivity contribution is 5.48. The summed E-state index contributed by atoms with van der Waals surface area (Å²) < 4.78 is 6.44. The zero-order chi connectivity index (χ0) is 15.1. The second-order valence-corrected chi connectivity index (χ2v) is 7.61. The second kappa shape index (κ2) is 5.77. The highest BCUT2D eigenvalue weighted by Gasteiger charge is 2.39. The summed E-state index contributed by atoms with van der Waals surface area (Å²) in [4.78, 5) is 2.57. The van der Waals surface area contributed by atoms with E-state index in [2.05, 4.69) is 24.1 Å². The van der Waals surface area contributed by atoms with Gasteiger partial charge in [-0.3, -0.25) is 0 Å². The number of piperidine rings is 1. The number of aryl methyl sites for hydroxylation is 1. The lowest BCUT2D eigenvalue weighted by Gasteiger charge is -2.36. The van der Waals surface area contributed by atoms with E-state index in [9.17, 15) is 0 Å². The summed E-state index contributed by atoms with van der Waals surface area (Å²) in [5.41, 5.74) is 8.17. The Morgan fingerprint density at radius 3 is 2.55 bits per heavy atom. The van der Waals surface area contributed by atoms with Gasteiger partial charge < -0.3 is 15.4 Å². The number of benzene rings is 1. The van der Waals surface area contributed by atoms with Crippen LogP contribution in [0.25, 0.3) is 0 Å². The van der Waals surface area contributed by atoms with Crippen LogP contribution in [0, 0.1) is 5.92 Å². The van der Waals surface area contributed by atoms with Crippen molar-refractivity contribution in [1.82, 2.24) is 4.90 Å². The summed E-state index contributed by atoms with van der Waals surface area (Å²) in [7, 11) is 2.28. The third-order valence-corrected chi connectivity index (χ3v) is 5.95. The normalized spacial score (nSPS) is 31.4. The lowest BCUT2D eigenvalue weighted by atomic mass is 10.00. The first kappa shape index (κ1) is 14.4. The Labute approximate surface area is 133 Å². The molecule has 22 heavy (non-hydrogen) atoms. The van der Waals surface area contributed by atoms with Crippen molar-refractivity contribution in [3.05, 3.63) is 23.8 Å². The molecule has 2 saturated heterocycles. The van der Waals surface area contributed by atoms with Crippen LogP contribution < -0.4 is 10.5 Å². The molecular formula is C19H28N2O. The molecule has 3 aliphatic rings. The predicted octanol–water partition coefficient (Wildman–Crippen LogP) is 3.62. The molecule has 3 atom stereocenters. The molecule has 2 heterocycles. The highest BCUT2D eigenvalue weighted by atomic mass is 16.5. The molecule has 0 amide bonds. The van der Waals surface area contributed by atoms with Crippen molar-refractivity contribution in [1.29, 1.82) is 0 Å². The summed E-state index contributed by atoms with van der Waals surface area (Å²) in [6, 6.07) is 7.67. The summed E-state index contributed by atoms with van der Waals surface area (Å²) in [5, 5.41) is 0. The number of anilines is 1. The van der Waals surface area contributed by atoms with Crippen molar-refractivity contribution in [2.75, 3.05) is 12.8 Å². The third kappa shape index (κ3) is 2.96. The molecule has 0 spiro atoms. The van der Waals surface area contributed by atoms with E-state index in [-0.39, 0.29) is 0 Å². The Morgan fingerprint density at radius 2 is 1.86 bits per heavy atom. The third-order valence-electron chi connectivity index (χ3n) is 5.95. The number of hydrogen-bond donors (Lipinski definition) is 1. The van der Waals surface area contributed by atoms with Gasteiger partial charge in [0.15, 0.2) is 0 Å². The standard InChI is InChI=1S/C19H28N2O/c1-21-16-7-8-17(21)12-18(11-16)22-19-9-6-15(20)10-14(19)5-4-13-2-3-13/h6,9-10,13,16-18H,2-5,7-8,11-12,20H2,1H3/t16-,17+,18+. The van der Waals surface area contributed by atoms with Crippen LogP contribution in [-0.2, 0) is 6.42 Å². The quantitative estimate of drug-likeness (QED) is 0.844. The molecule has 3 nitrogen and oxygen atoms in total. The van der Waals surface area contributed by atoms with Crippen molar-refractivity contribution < 1.29 is 4.74 Å². The predicted molar refractivity (Wildman–Crippen MR) is 90.1 cm³/mol. The number of rotatable bonds is 5. The first-order chi connectivity index (χ1) is 10.7. The zero-order valence-corrected chi connectivity index (χ0v) is 13.6. The molecule has 4 rings (SSSR count). The van der Waals surface area contributed by atoms with Gasteiger partial charge in [0.2, 0.25) is 0 Å². The SMILES string of the molecule is CN1[C@@H]2CC[C@H]1C[C@@H](Oc1ccc(N)cc1CCC1CC1)C2. The molecule has 2 bridgehead atoms. The van der Waals surface area contributed by atoms with Crippen LogP contribution in [0.5, 0.6) is 5.75 Å². The van der Waals surface area contributed by atoms with Crippen LogP contribution in [0.4, 0.5) is 5.69 Å². The van der Waals surface area contributed by atoms with Crippen LogP contribution in [0.1, 0.15) is 50.5 Å². The molecule has 1 aliphatic carbocycles. The maximum Gasteiger partial charge on any atom is 0.123 e. The highest BCUT2D eigenvalue weighted by Crippen LogP contribution is 2.38. The molecule has 3 heteroatoms. The monoisotopic (exact) mass is 300 g/mol. The van der Waals surface area contributed by atoms with Gasteiger partial charge in [-0.15, -0.1) is 0 Å². The van der Waals surface area contributed by atoms with Gasteiger partial charge in [0.25, 0.3) is 0 Å². The Bertz CT molecular complexity index is 526. The summed E-state index contributed by atoms with van der Waals surface area (Å²) in [6.07, 6.45) is 10.7. The topological polar surface area (TPSA) is 38.5 Å². The van der Waals surface area contributed by atoms with Crippen LogP contribution in [-0.4, -0.2) is 30.1 Å². The first-order valence-electron chi connectivity index (χ1n) is 8.96. The maximum atomic E-state index is 6.44. The van der Waals surface area contributed by atoms with E-state index in [1.807, 2.05) is 6.07 Å². The zero-order valence-electron chi connectivity index (χ0n) is 13.6. The molecular weight excluding hydrogens is 272 g/mol. The van der Waals surface area contributed by atoms with Crippen molar-refractivity contribution in [3.8, 4) is 5.75 Å². The lowest BCUT2D eigenvalue weighted by molar-refractivity contribution is 0.0655. The Kier molecular flexibility index (Phi) is 3.77. The minimum atomic E-state index is 0.386. The smallest absolute Gasteiger partial charge is 0.123 e. The number of nitrogens with zero attached hydrogens (tertiary/aromatic N) is 1. The Morgan fingerprint density at radius 1 is 1.14 bits per heavy atom. The number of nitrogen functional groups attached to an aromatic ring is 1. The van der Waals surface area contributed by atoms with Gasteiger partial charge in [0, 0.05) is 17.8 Å². The average Bonchev–Trinajstić information content (AvgIpc) is 3.29. The number of nitrogens with two attached hydrogens (primary N) is 1. The van der Waals surface area contributed by atoms with Gasteiger partial charge in [-0.1, -0.05) is 12.8 Å². The summed E-state index contributed by atoms with van der Waals surface area (Å²) >= 11 is 0. The molecule has 2 N–H and O–H groups in total. The van der Waals surface area contributed by atoms with Crippen LogP contribution in [0.15, 0.2) is 18.2 Å². The molecule has 120 valence electrons. The molecule has 0 unspecified atom stereocenters. The number of fused-ring (bicyclic) bond motifs is 2. The average molecular weight is 300 g/mol. The molecule has 0 radical (unpaired) electrons. The first-order valence-corrected chi connectivity index (χ1v) is 8.96. The fourth-order valence-electron chi connectivity index (χ4n) is 4.31. The van der Waals surface area contributed by atoms with Crippen LogP contribution in [0.3, 0.4) is 0 Å². The molecule has 1 aromatic carbocycles. The van der Waals surface area contributed by atoms with Gasteiger partial charge >= 0.3 is 0 Å². The minimum absolute atomic E-state index is 0.386. The van der Waals surface area contributed by atoms with Crippen LogP contribution in [0.2, 0.25) is 0 Å². The van der Waals surface area contributed by atoms with Crippen molar-refractivity contribution in [2.45, 2.75) is 69.6 Å². The number of ether oxygens (including phenoxy) is 1. The van der Waals surface area contributed by atoms with Crippen molar-refractivity contribution in [3.63, 3.8) is 0 Å². The molecule has 3 fully saturated rings. The summed E-state index contributed by atoms with van der Waals surface area (Å²) in [6.45, 7) is 0. The summed E-state index contributed by atoms with van der Waals surface area (Å²) in [5.74, 6) is 2.04. The largest absolute Gasteiger partial charge is 0.490 e. The molecule has 1 aromatic rings. The van der Waals surface area contributed by atoms with Gasteiger partial charge in [0.1, 0.15) is 11.9 Å². The second-order valence-electron chi connectivity index (χ2n) is 7.61. The van der Waals surface area contributed by atoms with E-state index < -0.39 is 0 Å². The lowest BCUT2D eigenvalue weighted by Crippen LogP contribution is -2.43. The van der Waals surface area contributed by atoms with Gasteiger partial charge in [-0.05, 0) is 75.3 Å². The van der Waals surface area contributed by atoms with Crippen molar-refractivity contribution in [2.24, 2.45) is 5.92 Å². The van der Waals surface area contributed by atoms with Gasteiger partial charge in [0.05, 0.1) is 0 Å². The van der Waals surface area contributed by atoms with E-state index in [1.165, 1.54) is 50.5 Å². The number of hydrogen-bond acceptors (Lipinski definition) is 3. The fraction of sp³-hybridized carbons (Fsp3) is 0.684. The van der Waals surface area contributed by atoms with Gasteiger partial charge in [-0.25, -0.2) is 0 Å². The van der Waals surface area contributed by atoms with E-state index >= 15 is 0 Å². The van der Waals surface area contributed by atoms with Gasteiger partial charge in [-0.2, -0.15) is 0 Å².